The Morgan fingerprint density at radius 1 is 1.17 bits per heavy atom. The van der Waals surface area contributed by atoms with E-state index in [4.69, 9.17) is 4.98 Å². The molecule has 7 heteroatoms. The van der Waals surface area contributed by atoms with Crippen molar-refractivity contribution in [1.82, 2.24) is 14.4 Å². The van der Waals surface area contributed by atoms with Crippen LogP contribution in [-0.2, 0) is 11.5 Å². The average Bonchev–Trinajstić information content (AvgIpc) is 3.28. The lowest BCUT2D eigenvalue weighted by Gasteiger charge is -2.03. The number of thioether (sulfide) groups is 1. The van der Waals surface area contributed by atoms with E-state index in [1.165, 1.54) is 42.0 Å². The highest BCUT2D eigenvalue weighted by Gasteiger charge is 2.20. The first-order chi connectivity index (χ1) is 11.7. The van der Waals surface area contributed by atoms with Crippen LogP contribution in [0.3, 0.4) is 0 Å². The van der Waals surface area contributed by atoms with Crippen LogP contribution in [0.25, 0.3) is 4.96 Å². The fourth-order valence-corrected chi connectivity index (χ4v) is 5.99. The van der Waals surface area contributed by atoms with Gasteiger partial charge in [0.15, 0.2) is 4.96 Å². The van der Waals surface area contributed by atoms with E-state index in [-0.39, 0.29) is 5.56 Å². The Kier molecular flexibility index (Phi) is 4.74. The van der Waals surface area contributed by atoms with Crippen molar-refractivity contribution in [3.8, 4) is 0 Å². The summed E-state index contributed by atoms with van der Waals surface area (Å²) in [7, 11) is 0. The Balaban J connectivity index is 1.39. The third kappa shape index (κ3) is 3.30. The zero-order valence-corrected chi connectivity index (χ0v) is 16.0. The Morgan fingerprint density at radius 3 is 2.79 bits per heavy atom. The number of rotatable bonds is 5. The first kappa shape index (κ1) is 16.3. The zero-order chi connectivity index (χ0) is 16.5. The highest BCUT2D eigenvalue weighted by molar-refractivity contribution is 7.97. The van der Waals surface area contributed by atoms with Crippen molar-refractivity contribution in [2.45, 2.75) is 50.0 Å². The van der Waals surface area contributed by atoms with Crippen molar-refractivity contribution < 1.29 is 0 Å². The van der Waals surface area contributed by atoms with Gasteiger partial charge in [0, 0.05) is 39.9 Å². The topological polar surface area (TPSA) is 47.3 Å². The van der Waals surface area contributed by atoms with E-state index in [1.807, 2.05) is 23.6 Å². The summed E-state index contributed by atoms with van der Waals surface area (Å²) < 4.78 is 1.67. The SMILES string of the molecule is Cc1csc2nc(CSCc3csc(C4CCCC4)n3)cc(=O)n12. The Hall–Kier alpha value is -1.18. The van der Waals surface area contributed by atoms with Gasteiger partial charge in [0.25, 0.3) is 5.56 Å². The monoisotopic (exact) mass is 377 g/mol. The van der Waals surface area contributed by atoms with Gasteiger partial charge >= 0.3 is 0 Å². The smallest absolute Gasteiger partial charge is 0.258 e. The van der Waals surface area contributed by atoms with Crippen molar-refractivity contribution in [1.29, 1.82) is 0 Å². The van der Waals surface area contributed by atoms with Gasteiger partial charge in [-0.1, -0.05) is 12.8 Å². The number of hydrogen-bond donors (Lipinski definition) is 0. The third-order valence-corrected chi connectivity index (χ3v) is 7.40. The second kappa shape index (κ2) is 6.98. The summed E-state index contributed by atoms with van der Waals surface area (Å²) in [6.07, 6.45) is 5.29. The van der Waals surface area contributed by atoms with Gasteiger partial charge in [0.1, 0.15) is 0 Å². The molecule has 4 nitrogen and oxygen atoms in total. The molecule has 1 saturated carbocycles. The molecule has 0 radical (unpaired) electrons. The second-order valence-electron chi connectivity index (χ2n) is 6.23. The number of hydrogen-bond acceptors (Lipinski definition) is 6. The van der Waals surface area contributed by atoms with Crippen LogP contribution in [0, 0.1) is 6.92 Å². The van der Waals surface area contributed by atoms with Crippen LogP contribution >= 0.6 is 34.4 Å². The predicted molar refractivity (Wildman–Crippen MR) is 102 cm³/mol. The fraction of sp³-hybridized carbons (Fsp3) is 0.471. The molecule has 126 valence electrons. The van der Waals surface area contributed by atoms with E-state index in [9.17, 15) is 4.79 Å². The van der Waals surface area contributed by atoms with Gasteiger partial charge in [-0.2, -0.15) is 0 Å². The number of thiazole rings is 2. The van der Waals surface area contributed by atoms with Gasteiger partial charge in [-0.25, -0.2) is 9.97 Å². The molecule has 0 atom stereocenters. The van der Waals surface area contributed by atoms with E-state index in [0.717, 1.165) is 33.5 Å². The number of nitrogens with zero attached hydrogens (tertiary/aromatic N) is 3. The van der Waals surface area contributed by atoms with E-state index in [0.29, 0.717) is 5.92 Å². The van der Waals surface area contributed by atoms with Crippen molar-refractivity contribution in [3.63, 3.8) is 0 Å². The average molecular weight is 378 g/mol. The molecule has 0 aromatic carbocycles. The molecule has 0 aliphatic heterocycles. The highest BCUT2D eigenvalue weighted by atomic mass is 32.2. The molecule has 1 aliphatic carbocycles. The van der Waals surface area contributed by atoms with Crippen LogP contribution in [0.5, 0.6) is 0 Å². The quantitative estimate of drug-likeness (QED) is 0.651. The standard InChI is InChI=1S/C17H19N3OS3/c1-11-7-24-17-19-13(6-15(21)20(11)17)8-22-9-14-10-23-16(18-14)12-4-2-3-5-12/h6-7,10,12H,2-5,8-9H2,1H3. The summed E-state index contributed by atoms with van der Waals surface area (Å²) in [4.78, 5) is 22.4. The number of fused-ring (bicyclic) bond motifs is 1. The summed E-state index contributed by atoms with van der Waals surface area (Å²) in [5.41, 5.74) is 3.00. The Morgan fingerprint density at radius 2 is 1.96 bits per heavy atom. The molecule has 0 bridgehead atoms. The maximum atomic E-state index is 12.2. The van der Waals surface area contributed by atoms with Crippen LogP contribution < -0.4 is 5.56 Å². The molecule has 1 fully saturated rings. The fourth-order valence-electron chi connectivity index (χ4n) is 3.18. The summed E-state index contributed by atoms with van der Waals surface area (Å²) in [6, 6.07) is 1.66. The molecule has 3 aromatic rings. The minimum absolute atomic E-state index is 0.0199. The van der Waals surface area contributed by atoms with Crippen LogP contribution in [-0.4, -0.2) is 14.4 Å². The van der Waals surface area contributed by atoms with Gasteiger partial charge in [-0.3, -0.25) is 9.20 Å². The maximum Gasteiger partial charge on any atom is 0.258 e. The minimum Gasteiger partial charge on any atom is -0.269 e. The molecule has 1 aliphatic rings. The van der Waals surface area contributed by atoms with Crippen molar-refractivity contribution in [3.05, 3.63) is 49.3 Å². The molecule has 0 spiro atoms. The summed E-state index contributed by atoms with van der Waals surface area (Å²) >= 11 is 5.11. The van der Waals surface area contributed by atoms with E-state index in [2.05, 4.69) is 10.4 Å². The van der Waals surface area contributed by atoms with Gasteiger partial charge < -0.3 is 0 Å². The van der Waals surface area contributed by atoms with Gasteiger partial charge in [-0.05, 0) is 19.8 Å². The third-order valence-electron chi connectivity index (χ3n) is 4.40. The van der Waals surface area contributed by atoms with E-state index in [1.54, 1.807) is 22.2 Å². The first-order valence-electron chi connectivity index (χ1n) is 8.19. The summed E-state index contributed by atoms with van der Waals surface area (Å²) in [5, 5.41) is 5.48. The highest BCUT2D eigenvalue weighted by Crippen LogP contribution is 2.36. The largest absolute Gasteiger partial charge is 0.269 e. The lowest BCUT2D eigenvalue weighted by molar-refractivity contribution is 0.714. The van der Waals surface area contributed by atoms with Crippen molar-refractivity contribution in [2.75, 3.05) is 0 Å². The predicted octanol–water partition coefficient (Wildman–Crippen LogP) is 4.61. The van der Waals surface area contributed by atoms with Gasteiger partial charge in [-0.15, -0.1) is 34.4 Å². The van der Waals surface area contributed by atoms with Gasteiger partial charge in [0.2, 0.25) is 0 Å². The molecule has 0 saturated heterocycles. The maximum absolute atomic E-state index is 12.2. The molecular weight excluding hydrogens is 358 g/mol. The molecule has 0 amide bonds. The molecule has 0 unspecified atom stereocenters. The van der Waals surface area contributed by atoms with Crippen LogP contribution in [0.15, 0.2) is 21.6 Å². The molecule has 3 heterocycles. The molecule has 24 heavy (non-hydrogen) atoms. The van der Waals surface area contributed by atoms with Crippen LogP contribution in [0.1, 0.15) is 53.7 Å². The van der Waals surface area contributed by atoms with E-state index >= 15 is 0 Å². The Bertz CT molecular complexity index is 905. The molecule has 4 rings (SSSR count). The van der Waals surface area contributed by atoms with Crippen molar-refractivity contribution >= 4 is 39.4 Å². The lowest BCUT2D eigenvalue weighted by atomic mass is 10.1. The minimum atomic E-state index is 0.0199. The Labute approximate surface area is 153 Å². The zero-order valence-electron chi connectivity index (χ0n) is 13.5. The number of aromatic nitrogens is 3. The second-order valence-corrected chi connectivity index (χ2v) is 8.94. The summed E-state index contributed by atoms with van der Waals surface area (Å²) in [5.74, 6) is 2.33. The lowest BCUT2D eigenvalue weighted by Crippen LogP contribution is -2.14. The van der Waals surface area contributed by atoms with Crippen LogP contribution in [0.4, 0.5) is 0 Å². The summed E-state index contributed by atoms with van der Waals surface area (Å²) in [6.45, 7) is 1.94. The first-order valence-corrected chi connectivity index (χ1v) is 11.1. The van der Waals surface area contributed by atoms with Gasteiger partial charge in [0.05, 0.1) is 16.4 Å². The number of aryl methyl sites for hydroxylation is 1. The van der Waals surface area contributed by atoms with Crippen molar-refractivity contribution in [2.24, 2.45) is 0 Å². The van der Waals surface area contributed by atoms with E-state index < -0.39 is 0 Å². The molecular formula is C17H19N3OS3. The molecule has 3 aromatic heterocycles. The van der Waals surface area contributed by atoms with Crippen LogP contribution in [0.2, 0.25) is 0 Å². The normalized spacial score (nSPS) is 15.5. The molecule has 0 N–H and O–H groups in total.